The van der Waals surface area contributed by atoms with Gasteiger partial charge in [0.15, 0.2) is 0 Å². The molecule has 3 heterocycles. The second kappa shape index (κ2) is 10.2. The van der Waals surface area contributed by atoms with Crippen LogP contribution >= 0.6 is 0 Å². The molecule has 34 heavy (non-hydrogen) atoms. The van der Waals surface area contributed by atoms with Gasteiger partial charge in [0.1, 0.15) is 5.76 Å². The van der Waals surface area contributed by atoms with E-state index in [4.69, 9.17) is 4.42 Å². The van der Waals surface area contributed by atoms with Gasteiger partial charge in [0, 0.05) is 25.6 Å². The molecule has 1 N–H and O–H groups in total. The van der Waals surface area contributed by atoms with Crippen LogP contribution in [0.15, 0.2) is 45.9 Å². The zero-order valence-corrected chi connectivity index (χ0v) is 20.6. The van der Waals surface area contributed by atoms with Crippen LogP contribution in [0.5, 0.6) is 0 Å². The molecule has 2 aromatic rings. The van der Waals surface area contributed by atoms with Crippen LogP contribution in [-0.2, 0) is 27.7 Å². The topological polar surface area (TPSA) is 82.9 Å². The van der Waals surface area contributed by atoms with E-state index in [0.29, 0.717) is 37.4 Å². The SMILES string of the molecule is O=C(NCC(c1ccco1)N1CCCC1)C1CCN(S(=O)(=O)c2ccc3c(c2)CCCC3)CC1. The van der Waals surface area contributed by atoms with Crippen molar-refractivity contribution < 1.29 is 17.6 Å². The lowest BCUT2D eigenvalue weighted by atomic mass is 9.92. The maximum atomic E-state index is 13.3. The maximum absolute atomic E-state index is 13.3. The summed E-state index contributed by atoms with van der Waals surface area (Å²) < 4.78 is 33.7. The first-order valence-electron chi connectivity index (χ1n) is 12.7. The molecule has 1 aliphatic carbocycles. The van der Waals surface area contributed by atoms with E-state index in [-0.39, 0.29) is 17.9 Å². The third-order valence-corrected chi connectivity index (χ3v) is 9.60. The number of carbonyl (C=O) groups is 1. The van der Waals surface area contributed by atoms with Gasteiger partial charge < -0.3 is 9.73 Å². The van der Waals surface area contributed by atoms with Crippen LogP contribution in [0.2, 0.25) is 0 Å². The second-order valence-electron chi connectivity index (χ2n) is 9.84. The molecule has 1 atom stereocenters. The molecule has 0 bridgehead atoms. The summed E-state index contributed by atoms with van der Waals surface area (Å²) in [6.07, 6.45) is 9.40. The van der Waals surface area contributed by atoms with Crippen molar-refractivity contribution in [3.63, 3.8) is 0 Å². The predicted octanol–water partition coefficient (Wildman–Crippen LogP) is 3.51. The summed E-state index contributed by atoms with van der Waals surface area (Å²) in [6.45, 7) is 3.30. The summed E-state index contributed by atoms with van der Waals surface area (Å²) in [6, 6.07) is 9.52. The zero-order chi connectivity index (χ0) is 23.5. The fourth-order valence-electron chi connectivity index (χ4n) is 5.66. The summed E-state index contributed by atoms with van der Waals surface area (Å²) in [5, 5.41) is 3.13. The minimum absolute atomic E-state index is 0.0154. The number of hydrogen-bond donors (Lipinski definition) is 1. The molecule has 5 rings (SSSR count). The van der Waals surface area contributed by atoms with Crippen LogP contribution in [0.3, 0.4) is 0 Å². The van der Waals surface area contributed by atoms with Gasteiger partial charge >= 0.3 is 0 Å². The molecular weight excluding hydrogens is 450 g/mol. The molecule has 1 aromatic carbocycles. The molecule has 2 saturated heterocycles. The van der Waals surface area contributed by atoms with E-state index >= 15 is 0 Å². The van der Waals surface area contributed by atoms with Gasteiger partial charge in [-0.25, -0.2) is 8.42 Å². The average molecular weight is 486 g/mol. The number of sulfonamides is 1. The van der Waals surface area contributed by atoms with Crippen molar-refractivity contribution in [3.8, 4) is 0 Å². The number of fused-ring (bicyclic) bond motifs is 1. The monoisotopic (exact) mass is 485 g/mol. The van der Waals surface area contributed by atoms with E-state index in [2.05, 4.69) is 10.2 Å². The summed E-state index contributed by atoms with van der Waals surface area (Å²) in [5.41, 5.74) is 2.45. The Labute approximate surface area is 202 Å². The number of nitrogens with zero attached hydrogens (tertiary/aromatic N) is 2. The third kappa shape index (κ3) is 4.95. The van der Waals surface area contributed by atoms with Gasteiger partial charge in [0.05, 0.1) is 17.2 Å². The molecular formula is C26H35N3O4S. The number of benzene rings is 1. The minimum Gasteiger partial charge on any atom is -0.468 e. The lowest BCUT2D eigenvalue weighted by Gasteiger charge is -2.32. The van der Waals surface area contributed by atoms with Crippen LogP contribution in [0.25, 0.3) is 0 Å². The largest absolute Gasteiger partial charge is 0.468 e. The Bertz CT molecular complexity index is 1090. The van der Waals surface area contributed by atoms with E-state index in [9.17, 15) is 13.2 Å². The van der Waals surface area contributed by atoms with E-state index in [1.165, 1.54) is 30.4 Å². The first-order valence-corrected chi connectivity index (χ1v) is 14.1. The Morgan fingerprint density at radius 2 is 1.74 bits per heavy atom. The lowest BCUT2D eigenvalue weighted by molar-refractivity contribution is -0.126. The van der Waals surface area contributed by atoms with Crippen molar-refractivity contribution >= 4 is 15.9 Å². The Morgan fingerprint density at radius 1 is 1.00 bits per heavy atom. The van der Waals surface area contributed by atoms with Gasteiger partial charge in [-0.2, -0.15) is 4.31 Å². The Hall–Kier alpha value is -2.16. The standard InChI is InChI=1S/C26H35N3O4S/c30-26(27-19-24(25-8-5-17-33-25)28-13-3-4-14-28)21-11-15-29(16-12-21)34(31,32)23-10-9-20-6-1-2-7-22(20)18-23/h5,8-10,17-18,21,24H,1-4,6-7,11-16,19H2,(H,27,30). The van der Waals surface area contributed by atoms with Gasteiger partial charge in [-0.05, 0) is 99.8 Å². The summed E-state index contributed by atoms with van der Waals surface area (Å²) in [7, 11) is -3.53. The first-order chi connectivity index (χ1) is 16.5. The maximum Gasteiger partial charge on any atom is 0.243 e. The second-order valence-corrected chi connectivity index (χ2v) is 11.8. The molecule has 0 saturated carbocycles. The van der Waals surface area contributed by atoms with Gasteiger partial charge in [-0.3, -0.25) is 9.69 Å². The van der Waals surface area contributed by atoms with Crippen molar-refractivity contribution in [1.29, 1.82) is 0 Å². The minimum atomic E-state index is -3.53. The molecule has 8 heteroatoms. The van der Waals surface area contributed by atoms with Crippen LogP contribution < -0.4 is 5.32 Å². The summed E-state index contributed by atoms with van der Waals surface area (Å²) >= 11 is 0. The molecule has 7 nitrogen and oxygen atoms in total. The number of amides is 1. The quantitative estimate of drug-likeness (QED) is 0.649. The fraction of sp³-hybridized carbons (Fsp3) is 0.577. The van der Waals surface area contributed by atoms with Gasteiger partial charge in [0.25, 0.3) is 0 Å². The first kappa shape index (κ1) is 23.6. The lowest BCUT2D eigenvalue weighted by Crippen LogP contribution is -2.44. The van der Waals surface area contributed by atoms with Gasteiger partial charge in [-0.1, -0.05) is 6.07 Å². The van der Waals surface area contributed by atoms with E-state index in [0.717, 1.165) is 38.1 Å². The van der Waals surface area contributed by atoms with Crippen molar-refractivity contribution in [2.45, 2.75) is 62.3 Å². The third-order valence-electron chi connectivity index (χ3n) is 7.71. The molecule has 0 radical (unpaired) electrons. The molecule has 1 amide bonds. The highest BCUT2D eigenvalue weighted by Crippen LogP contribution is 2.29. The van der Waals surface area contributed by atoms with E-state index < -0.39 is 10.0 Å². The smallest absolute Gasteiger partial charge is 0.243 e. The highest BCUT2D eigenvalue weighted by atomic mass is 32.2. The van der Waals surface area contributed by atoms with Crippen molar-refractivity contribution in [3.05, 3.63) is 53.5 Å². The Balaban J connectivity index is 1.17. The molecule has 3 aliphatic rings. The van der Waals surface area contributed by atoms with E-state index in [1.54, 1.807) is 16.6 Å². The summed E-state index contributed by atoms with van der Waals surface area (Å²) in [5.74, 6) is 0.737. The number of hydrogen-bond acceptors (Lipinski definition) is 5. The number of nitrogens with one attached hydrogen (secondary N) is 1. The number of aryl methyl sites for hydroxylation is 2. The zero-order valence-electron chi connectivity index (χ0n) is 19.7. The number of furan rings is 1. The van der Waals surface area contributed by atoms with Crippen LogP contribution in [0.1, 0.15) is 61.5 Å². The van der Waals surface area contributed by atoms with E-state index in [1.807, 2.05) is 24.3 Å². The normalized spacial score (nSPS) is 21.3. The van der Waals surface area contributed by atoms with Crippen LogP contribution in [0.4, 0.5) is 0 Å². The van der Waals surface area contributed by atoms with Gasteiger partial charge in [0.2, 0.25) is 15.9 Å². The summed E-state index contributed by atoms with van der Waals surface area (Å²) in [4.78, 5) is 15.7. The van der Waals surface area contributed by atoms with Gasteiger partial charge in [-0.15, -0.1) is 0 Å². The number of rotatable bonds is 7. The average Bonchev–Trinajstić information content (AvgIpc) is 3.59. The molecule has 1 aromatic heterocycles. The predicted molar refractivity (Wildman–Crippen MR) is 130 cm³/mol. The molecule has 2 aliphatic heterocycles. The number of likely N-dealkylation sites (tertiary alicyclic amines) is 1. The highest BCUT2D eigenvalue weighted by molar-refractivity contribution is 7.89. The number of carbonyl (C=O) groups excluding carboxylic acids is 1. The van der Waals surface area contributed by atoms with Crippen molar-refractivity contribution in [2.75, 3.05) is 32.7 Å². The molecule has 2 fully saturated rings. The fourth-order valence-corrected chi connectivity index (χ4v) is 7.18. The molecule has 184 valence electrons. The van der Waals surface area contributed by atoms with Crippen molar-refractivity contribution in [1.82, 2.24) is 14.5 Å². The molecule has 1 unspecified atom stereocenters. The Kier molecular flexibility index (Phi) is 7.09. The molecule has 0 spiro atoms. The van der Waals surface area contributed by atoms with Crippen LogP contribution in [-0.4, -0.2) is 56.3 Å². The highest BCUT2D eigenvalue weighted by Gasteiger charge is 2.33. The number of piperidine rings is 1. The van der Waals surface area contributed by atoms with Crippen molar-refractivity contribution in [2.24, 2.45) is 5.92 Å². The van der Waals surface area contributed by atoms with Crippen LogP contribution in [0, 0.1) is 5.92 Å². The Morgan fingerprint density at radius 3 is 2.44 bits per heavy atom.